The molecule has 1 aromatic heterocycles. The second-order valence-electron chi connectivity index (χ2n) is 3.53. The summed E-state index contributed by atoms with van der Waals surface area (Å²) in [4.78, 5) is 4.22. The zero-order valence-electron chi connectivity index (χ0n) is 9.55. The number of anilines is 1. The van der Waals surface area contributed by atoms with Crippen molar-refractivity contribution in [2.75, 3.05) is 19.0 Å². The van der Waals surface area contributed by atoms with E-state index in [1.807, 2.05) is 0 Å². The Morgan fingerprint density at radius 3 is 2.93 bits per heavy atom. The third-order valence-corrected chi connectivity index (χ3v) is 2.13. The van der Waals surface area contributed by atoms with E-state index in [0.29, 0.717) is 12.6 Å². The van der Waals surface area contributed by atoms with Crippen LogP contribution in [-0.2, 0) is 11.3 Å². The third-order valence-electron chi connectivity index (χ3n) is 2.13. The van der Waals surface area contributed by atoms with E-state index in [0.717, 1.165) is 12.4 Å². The molecule has 0 radical (unpaired) electrons. The first-order valence-electron chi connectivity index (χ1n) is 5.51. The van der Waals surface area contributed by atoms with Crippen LogP contribution in [0.25, 0.3) is 0 Å². The fourth-order valence-electron chi connectivity index (χ4n) is 1.33. The predicted octanol–water partition coefficient (Wildman–Crippen LogP) is 1.94. The monoisotopic (exact) mass is 212 g/mol. The van der Waals surface area contributed by atoms with E-state index < -0.39 is 0 Å². The summed E-state index contributed by atoms with van der Waals surface area (Å²) in [6, 6.07) is 0. The number of nitrogens with zero attached hydrogens (tertiary/aromatic N) is 2. The van der Waals surface area contributed by atoms with Crippen LogP contribution in [0.1, 0.15) is 38.4 Å². The van der Waals surface area contributed by atoms with E-state index in [9.17, 15) is 0 Å². The lowest BCUT2D eigenvalue weighted by molar-refractivity contribution is 0.178. The van der Waals surface area contributed by atoms with Crippen LogP contribution >= 0.6 is 0 Å². The average molecular weight is 212 g/mol. The van der Waals surface area contributed by atoms with Crippen LogP contribution < -0.4 is 5.32 Å². The summed E-state index contributed by atoms with van der Waals surface area (Å²) in [7, 11) is 1.64. The van der Waals surface area contributed by atoms with Gasteiger partial charge in [0.15, 0.2) is 5.82 Å². The van der Waals surface area contributed by atoms with Gasteiger partial charge in [0.2, 0.25) is 5.95 Å². The van der Waals surface area contributed by atoms with Crippen molar-refractivity contribution in [1.29, 1.82) is 0 Å². The highest BCUT2D eigenvalue weighted by Crippen LogP contribution is 2.02. The molecule has 1 rings (SSSR count). The molecule has 0 unspecified atom stereocenters. The topological polar surface area (TPSA) is 62.8 Å². The van der Waals surface area contributed by atoms with Crippen LogP contribution in [-0.4, -0.2) is 28.8 Å². The fourth-order valence-corrected chi connectivity index (χ4v) is 1.33. The lowest BCUT2D eigenvalue weighted by atomic mass is 10.2. The molecule has 0 spiro atoms. The van der Waals surface area contributed by atoms with Crippen molar-refractivity contribution in [3.05, 3.63) is 5.82 Å². The van der Waals surface area contributed by atoms with Crippen LogP contribution in [0.2, 0.25) is 0 Å². The molecule has 5 nitrogen and oxygen atoms in total. The summed E-state index contributed by atoms with van der Waals surface area (Å²) in [5, 5.41) is 10.0. The molecule has 0 saturated heterocycles. The summed E-state index contributed by atoms with van der Waals surface area (Å²) < 4.78 is 4.94. The molecule has 0 atom stereocenters. The fraction of sp³-hybridized carbons (Fsp3) is 0.800. The Morgan fingerprint density at radius 2 is 2.20 bits per heavy atom. The minimum absolute atomic E-state index is 0.477. The van der Waals surface area contributed by atoms with Crippen LogP contribution in [0.4, 0.5) is 5.95 Å². The van der Waals surface area contributed by atoms with Crippen LogP contribution in [0.15, 0.2) is 0 Å². The Hall–Kier alpha value is -1.10. The first kappa shape index (κ1) is 12.0. The molecule has 86 valence electrons. The van der Waals surface area contributed by atoms with Gasteiger partial charge in [0.05, 0.1) is 0 Å². The van der Waals surface area contributed by atoms with Crippen LogP contribution in [0.3, 0.4) is 0 Å². The number of H-pyrrole nitrogens is 1. The number of aromatic nitrogens is 3. The smallest absolute Gasteiger partial charge is 0.242 e. The summed E-state index contributed by atoms with van der Waals surface area (Å²) in [5.74, 6) is 1.42. The van der Waals surface area contributed by atoms with Gasteiger partial charge in [-0.05, 0) is 6.42 Å². The highest BCUT2D eigenvalue weighted by Gasteiger charge is 2.00. The Bertz CT molecular complexity index is 262. The Labute approximate surface area is 90.6 Å². The maximum Gasteiger partial charge on any atom is 0.242 e. The molecule has 2 N–H and O–H groups in total. The molecular formula is C10H20N4O. The quantitative estimate of drug-likeness (QED) is 0.646. The molecule has 0 aliphatic rings. The van der Waals surface area contributed by atoms with Crippen molar-refractivity contribution in [1.82, 2.24) is 15.2 Å². The van der Waals surface area contributed by atoms with Gasteiger partial charge in [-0.15, -0.1) is 5.10 Å². The van der Waals surface area contributed by atoms with Crippen molar-refractivity contribution in [2.45, 2.75) is 39.2 Å². The minimum atomic E-state index is 0.477. The molecule has 0 aromatic carbocycles. The zero-order chi connectivity index (χ0) is 10.9. The number of rotatable bonds is 8. The first-order chi connectivity index (χ1) is 7.36. The average Bonchev–Trinajstić information content (AvgIpc) is 2.66. The lowest BCUT2D eigenvalue weighted by Crippen LogP contribution is -2.03. The second kappa shape index (κ2) is 7.23. The van der Waals surface area contributed by atoms with Crippen molar-refractivity contribution in [3.8, 4) is 0 Å². The van der Waals surface area contributed by atoms with Gasteiger partial charge in [0, 0.05) is 13.7 Å². The molecule has 5 heteroatoms. The molecule has 1 aromatic rings. The molecular weight excluding hydrogens is 192 g/mol. The maximum absolute atomic E-state index is 4.94. The predicted molar refractivity (Wildman–Crippen MR) is 59.7 cm³/mol. The van der Waals surface area contributed by atoms with Gasteiger partial charge in [0.1, 0.15) is 6.61 Å². The van der Waals surface area contributed by atoms with Crippen molar-refractivity contribution < 1.29 is 4.74 Å². The highest BCUT2D eigenvalue weighted by molar-refractivity contribution is 5.21. The molecule has 0 saturated carbocycles. The summed E-state index contributed by atoms with van der Waals surface area (Å²) in [6.45, 7) is 3.62. The first-order valence-corrected chi connectivity index (χ1v) is 5.51. The van der Waals surface area contributed by atoms with E-state index in [2.05, 4.69) is 27.4 Å². The molecule has 15 heavy (non-hydrogen) atoms. The SMILES string of the molecule is CCCCCCNc1n[nH]c(COC)n1. The Morgan fingerprint density at radius 1 is 1.33 bits per heavy atom. The number of aromatic amines is 1. The van der Waals surface area contributed by atoms with Crippen molar-refractivity contribution >= 4 is 5.95 Å². The highest BCUT2D eigenvalue weighted by atomic mass is 16.5. The van der Waals surface area contributed by atoms with E-state index in [1.165, 1.54) is 25.7 Å². The molecule has 0 aliphatic heterocycles. The van der Waals surface area contributed by atoms with E-state index in [1.54, 1.807) is 7.11 Å². The van der Waals surface area contributed by atoms with Gasteiger partial charge in [-0.3, -0.25) is 5.10 Å². The third kappa shape index (κ3) is 4.78. The van der Waals surface area contributed by atoms with Gasteiger partial charge < -0.3 is 10.1 Å². The van der Waals surface area contributed by atoms with Gasteiger partial charge >= 0.3 is 0 Å². The largest absolute Gasteiger partial charge is 0.377 e. The number of unbranched alkanes of at least 4 members (excludes halogenated alkanes) is 3. The molecule has 0 aliphatic carbocycles. The summed E-state index contributed by atoms with van der Waals surface area (Å²) in [5.41, 5.74) is 0. The van der Waals surface area contributed by atoms with Crippen LogP contribution in [0.5, 0.6) is 0 Å². The van der Waals surface area contributed by atoms with E-state index >= 15 is 0 Å². The number of hydrogen-bond donors (Lipinski definition) is 2. The van der Waals surface area contributed by atoms with E-state index in [4.69, 9.17) is 4.74 Å². The number of methoxy groups -OCH3 is 1. The summed E-state index contributed by atoms with van der Waals surface area (Å²) in [6.07, 6.45) is 4.99. The number of hydrogen-bond acceptors (Lipinski definition) is 4. The van der Waals surface area contributed by atoms with Gasteiger partial charge in [-0.1, -0.05) is 26.2 Å². The van der Waals surface area contributed by atoms with Gasteiger partial charge in [-0.25, -0.2) is 0 Å². The molecule has 1 heterocycles. The molecule has 0 amide bonds. The second-order valence-corrected chi connectivity index (χ2v) is 3.53. The molecule has 0 bridgehead atoms. The van der Waals surface area contributed by atoms with Gasteiger partial charge in [0.25, 0.3) is 0 Å². The van der Waals surface area contributed by atoms with E-state index in [-0.39, 0.29) is 0 Å². The molecule has 0 fully saturated rings. The summed E-state index contributed by atoms with van der Waals surface area (Å²) >= 11 is 0. The zero-order valence-corrected chi connectivity index (χ0v) is 9.55. The normalized spacial score (nSPS) is 10.5. The van der Waals surface area contributed by atoms with Gasteiger partial charge in [-0.2, -0.15) is 4.98 Å². The number of ether oxygens (including phenoxy) is 1. The minimum Gasteiger partial charge on any atom is -0.377 e. The Balaban J connectivity index is 2.14. The van der Waals surface area contributed by atoms with Crippen molar-refractivity contribution in [3.63, 3.8) is 0 Å². The Kier molecular flexibility index (Phi) is 5.77. The number of nitrogens with one attached hydrogen (secondary N) is 2. The lowest BCUT2D eigenvalue weighted by Gasteiger charge is -2.00. The standard InChI is InChI=1S/C10H20N4O/c1-3-4-5-6-7-11-10-12-9(8-15-2)13-14-10/h3-8H2,1-2H3,(H2,11,12,13,14). The maximum atomic E-state index is 4.94. The van der Waals surface area contributed by atoms with Crippen LogP contribution in [0, 0.1) is 0 Å². The van der Waals surface area contributed by atoms with Crippen molar-refractivity contribution in [2.24, 2.45) is 0 Å².